The molecule has 1 atom stereocenters. The number of hydrogen-bond acceptors (Lipinski definition) is 6. The van der Waals surface area contributed by atoms with Crippen LogP contribution < -0.4 is 5.32 Å². The molecular weight excluding hydrogens is 386 g/mol. The monoisotopic (exact) mass is 413 g/mol. The van der Waals surface area contributed by atoms with Crippen LogP contribution >= 0.6 is 11.3 Å². The Labute approximate surface area is 174 Å². The largest absolute Gasteiger partial charge is 0.379 e. The summed E-state index contributed by atoms with van der Waals surface area (Å²) in [5.74, 6) is -0.0935. The summed E-state index contributed by atoms with van der Waals surface area (Å²) in [5, 5.41) is 10.5. The Bertz CT molecular complexity index is 977. The minimum atomic E-state index is -0.0935. The first-order valence-electron chi connectivity index (χ1n) is 10.0. The average Bonchev–Trinajstić information content (AvgIpc) is 3.38. The summed E-state index contributed by atoms with van der Waals surface area (Å²) in [6.07, 6.45) is 1.78. The Morgan fingerprint density at radius 3 is 2.83 bits per heavy atom. The number of thiophene rings is 1. The molecule has 1 fully saturated rings. The third kappa shape index (κ3) is 4.19. The first-order chi connectivity index (χ1) is 14.0. The molecule has 3 aromatic rings. The molecular formula is C21H27N5O2S. The molecule has 29 heavy (non-hydrogen) atoms. The number of hydrogen-bond donors (Lipinski definition) is 1. The van der Waals surface area contributed by atoms with Crippen LogP contribution in [0.5, 0.6) is 0 Å². The number of pyridine rings is 1. The predicted molar refractivity (Wildman–Crippen MR) is 114 cm³/mol. The molecule has 1 aliphatic heterocycles. The molecule has 3 aromatic heterocycles. The minimum absolute atomic E-state index is 0.0935. The van der Waals surface area contributed by atoms with E-state index in [1.165, 1.54) is 4.88 Å². The second-order valence-corrected chi connectivity index (χ2v) is 8.59. The summed E-state index contributed by atoms with van der Waals surface area (Å²) >= 11 is 1.73. The molecule has 1 N–H and O–H groups in total. The molecule has 4 heterocycles. The number of morpholine rings is 1. The van der Waals surface area contributed by atoms with Gasteiger partial charge in [0.2, 0.25) is 0 Å². The molecule has 1 aliphatic rings. The zero-order valence-corrected chi connectivity index (χ0v) is 17.9. The fourth-order valence-electron chi connectivity index (χ4n) is 3.74. The second-order valence-electron chi connectivity index (χ2n) is 7.61. The number of aryl methyl sites for hydroxylation is 1. The van der Waals surface area contributed by atoms with Crippen molar-refractivity contribution in [3.8, 4) is 0 Å². The summed E-state index contributed by atoms with van der Waals surface area (Å²) in [6.45, 7) is 9.79. The maximum atomic E-state index is 13.0. The summed E-state index contributed by atoms with van der Waals surface area (Å²) < 4.78 is 7.38. The molecule has 0 spiro atoms. The normalized spacial score (nSPS) is 16.4. The Morgan fingerprint density at radius 2 is 2.14 bits per heavy atom. The highest BCUT2D eigenvalue weighted by Crippen LogP contribution is 2.26. The predicted octanol–water partition coefficient (Wildman–Crippen LogP) is 3.19. The van der Waals surface area contributed by atoms with Crippen LogP contribution in [0.2, 0.25) is 0 Å². The molecule has 0 aliphatic carbocycles. The number of fused-ring (bicyclic) bond motifs is 1. The van der Waals surface area contributed by atoms with Crippen LogP contribution in [-0.4, -0.2) is 58.4 Å². The third-order valence-electron chi connectivity index (χ3n) is 5.31. The van der Waals surface area contributed by atoms with Crippen LogP contribution in [0.25, 0.3) is 11.0 Å². The van der Waals surface area contributed by atoms with Crippen molar-refractivity contribution in [1.29, 1.82) is 0 Å². The molecule has 0 radical (unpaired) electrons. The van der Waals surface area contributed by atoms with E-state index < -0.39 is 0 Å². The number of amides is 1. The first-order valence-corrected chi connectivity index (χ1v) is 10.9. The van der Waals surface area contributed by atoms with Crippen LogP contribution in [-0.2, 0) is 4.74 Å². The topological polar surface area (TPSA) is 72.3 Å². The Balaban J connectivity index is 1.52. The van der Waals surface area contributed by atoms with Crippen molar-refractivity contribution in [1.82, 2.24) is 25.0 Å². The van der Waals surface area contributed by atoms with Crippen molar-refractivity contribution >= 4 is 28.3 Å². The van der Waals surface area contributed by atoms with Crippen LogP contribution in [0.15, 0.2) is 29.8 Å². The number of nitrogens with one attached hydrogen (secondary N) is 1. The zero-order valence-electron chi connectivity index (χ0n) is 17.1. The molecule has 4 rings (SSSR count). The number of aromatic nitrogens is 3. The number of rotatable bonds is 6. The fourth-order valence-corrected chi connectivity index (χ4v) is 4.60. The van der Waals surface area contributed by atoms with Gasteiger partial charge in [-0.1, -0.05) is 6.07 Å². The van der Waals surface area contributed by atoms with Gasteiger partial charge in [-0.25, -0.2) is 9.67 Å². The Kier molecular flexibility index (Phi) is 5.94. The Morgan fingerprint density at radius 1 is 1.34 bits per heavy atom. The van der Waals surface area contributed by atoms with Crippen molar-refractivity contribution in [3.05, 3.63) is 45.9 Å². The summed E-state index contributed by atoms with van der Waals surface area (Å²) in [5.41, 5.74) is 2.14. The maximum absolute atomic E-state index is 13.0. The number of carbonyl (C=O) groups excluding carboxylic acids is 1. The molecule has 1 amide bonds. The van der Waals surface area contributed by atoms with Crippen LogP contribution in [0.3, 0.4) is 0 Å². The van der Waals surface area contributed by atoms with Gasteiger partial charge < -0.3 is 10.1 Å². The molecule has 0 unspecified atom stereocenters. The van der Waals surface area contributed by atoms with E-state index in [0.717, 1.165) is 43.0 Å². The van der Waals surface area contributed by atoms with E-state index in [1.807, 2.05) is 17.7 Å². The molecule has 0 bridgehead atoms. The lowest BCUT2D eigenvalue weighted by Crippen LogP contribution is -2.43. The lowest BCUT2D eigenvalue weighted by atomic mass is 10.1. The lowest BCUT2D eigenvalue weighted by molar-refractivity contribution is 0.0169. The third-order valence-corrected chi connectivity index (χ3v) is 6.28. The van der Waals surface area contributed by atoms with Gasteiger partial charge >= 0.3 is 0 Å². The van der Waals surface area contributed by atoms with E-state index >= 15 is 0 Å². The SMILES string of the molecule is Cc1nc2c(cnn2C(C)C)cc1C(=O)NC[C@H](c1cccs1)N1CCOCC1. The van der Waals surface area contributed by atoms with Crippen molar-refractivity contribution in [3.63, 3.8) is 0 Å². The van der Waals surface area contributed by atoms with Crippen LogP contribution in [0.4, 0.5) is 0 Å². The van der Waals surface area contributed by atoms with Crippen molar-refractivity contribution < 1.29 is 9.53 Å². The van der Waals surface area contributed by atoms with Gasteiger partial charge in [-0.2, -0.15) is 5.10 Å². The van der Waals surface area contributed by atoms with E-state index in [0.29, 0.717) is 12.1 Å². The van der Waals surface area contributed by atoms with Gasteiger partial charge in [-0.15, -0.1) is 11.3 Å². The molecule has 1 saturated heterocycles. The number of ether oxygens (including phenoxy) is 1. The van der Waals surface area contributed by atoms with E-state index in [-0.39, 0.29) is 18.0 Å². The van der Waals surface area contributed by atoms with Gasteiger partial charge in [0.1, 0.15) is 0 Å². The first kappa shape index (κ1) is 20.0. The smallest absolute Gasteiger partial charge is 0.253 e. The average molecular weight is 414 g/mol. The highest BCUT2D eigenvalue weighted by atomic mass is 32.1. The fraction of sp³-hybridized carbons (Fsp3) is 0.476. The number of nitrogens with zero attached hydrogens (tertiary/aromatic N) is 4. The maximum Gasteiger partial charge on any atom is 0.253 e. The summed E-state index contributed by atoms with van der Waals surface area (Å²) in [6, 6.07) is 6.47. The van der Waals surface area contributed by atoms with E-state index in [4.69, 9.17) is 4.74 Å². The minimum Gasteiger partial charge on any atom is -0.379 e. The molecule has 154 valence electrons. The van der Waals surface area contributed by atoms with Crippen molar-refractivity contribution in [2.75, 3.05) is 32.8 Å². The van der Waals surface area contributed by atoms with E-state index in [9.17, 15) is 4.79 Å². The van der Waals surface area contributed by atoms with Gasteiger partial charge in [0.05, 0.1) is 36.7 Å². The number of carbonyl (C=O) groups is 1. The van der Waals surface area contributed by atoms with Gasteiger partial charge in [-0.05, 0) is 38.3 Å². The lowest BCUT2D eigenvalue weighted by Gasteiger charge is -2.34. The second kappa shape index (κ2) is 8.61. The zero-order chi connectivity index (χ0) is 20.4. The molecule has 8 heteroatoms. The molecule has 0 aromatic carbocycles. The highest BCUT2D eigenvalue weighted by molar-refractivity contribution is 7.10. The van der Waals surface area contributed by atoms with Crippen molar-refractivity contribution in [2.45, 2.75) is 32.9 Å². The highest BCUT2D eigenvalue weighted by Gasteiger charge is 2.24. The Hall–Kier alpha value is -2.29. The van der Waals surface area contributed by atoms with Crippen LogP contribution in [0.1, 0.15) is 46.9 Å². The molecule has 7 nitrogen and oxygen atoms in total. The standard InChI is InChI=1S/C21H27N5O2S/c1-14(2)26-20-16(12-23-26)11-17(15(3)24-20)21(27)22-13-18(19-5-4-10-29-19)25-6-8-28-9-7-25/h4-5,10-12,14,18H,6-9,13H2,1-3H3,(H,22,27)/t18-/m1/s1. The van der Waals surface area contributed by atoms with E-state index in [1.54, 1.807) is 17.5 Å². The van der Waals surface area contributed by atoms with Crippen LogP contribution in [0, 0.1) is 6.92 Å². The van der Waals surface area contributed by atoms with Gasteiger partial charge in [0.25, 0.3) is 5.91 Å². The summed E-state index contributed by atoms with van der Waals surface area (Å²) in [4.78, 5) is 21.3. The van der Waals surface area contributed by atoms with Gasteiger partial charge in [0.15, 0.2) is 5.65 Å². The van der Waals surface area contributed by atoms with Gasteiger partial charge in [-0.3, -0.25) is 9.69 Å². The molecule has 0 saturated carbocycles. The summed E-state index contributed by atoms with van der Waals surface area (Å²) in [7, 11) is 0. The van der Waals surface area contributed by atoms with Gasteiger partial charge in [0, 0.05) is 35.9 Å². The van der Waals surface area contributed by atoms with Crippen molar-refractivity contribution in [2.24, 2.45) is 0 Å². The quantitative estimate of drug-likeness (QED) is 0.672. The van der Waals surface area contributed by atoms with E-state index in [2.05, 4.69) is 51.7 Å².